The first-order valence-electron chi connectivity index (χ1n) is 8.35. The first kappa shape index (κ1) is 22.8. The number of halogens is 4. The Bertz CT molecular complexity index is 486. The molecule has 2 aliphatic rings. The minimum Gasteiger partial charge on any atom is -0.378 e. The van der Waals surface area contributed by atoms with Gasteiger partial charge in [-0.25, -0.2) is 0 Å². The van der Waals surface area contributed by atoms with E-state index in [1.54, 1.807) is 14.2 Å². The minimum absolute atomic E-state index is 0. The zero-order valence-electron chi connectivity index (χ0n) is 15.5. The monoisotopic (exact) mass is 478 g/mol. The van der Waals surface area contributed by atoms with Gasteiger partial charge in [0.1, 0.15) is 0 Å². The summed E-state index contributed by atoms with van der Waals surface area (Å²) in [5.41, 5.74) is -0.238. The summed E-state index contributed by atoms with van der Waals surface area (Å²) in [6.07, 6.45) is -2.60. The molecule has 1 heterocycles. The summed E-state index contributed by atoms with van der Waals surface area (Å²) in [6, 6.07) is 0.192. The van der Waals surface area contributed by atoms with Gasteiger partial charge in [0, 0.05) is 44.7 Å². The number of aliphatic imine (C=N–C) groups is 1. The lowest BCUT2D eigenvalue weighted by atomic mass is 9.56. The van der Waals surface area contributed by atoms with Crippen LogP contribution in [0.4, 0.5) is 13.2 Å². The smallest absolute Gasteiger partial charge is 0.378 e. The normalized spacial score (nSPS) is 32.7. The lowest BCUT2D eigenvalue weighted by Crippen LogP contribution is -2.69. The molecule has 2 rings (SSSR count). The van der Waals surface area contributed by atoms with Crippen molar-refractivity contribution < 1.29 is 17.9 Å². The third kappa shape index (κ3) is 5.12. The van der Waals surface area contributed by atoms with Crippen molar-refractivity contribution in [3.63, 3.8) is 0 Å². The Morgan fingerprint density at radius 1 is 1.28 bits per heavy atom. The Morgan fingerprint density at radius 3 is 2.40 bits per heavy atom. The molecule has 148 valence electrons. The van der Waals surface area contributed by atoms with E-state index in [1.807, 2.05) is 0 Å². The molecule has 5 nitrogen and oxygen atoms in total. The third-order valence-corrected chi connectivity index (χ3v) is 5.83. The standard InChI is InChI=1S/C16H29F3N4O.HI/c1-14(2)12(8-15(14,3)24-5)22-13(20-4)21-11-6-7-23(9-11)10-16(17,18)19;/h11-12H,6-10H2,1-5H3,(H2,20,21,22);1H. The molecule has 9 heteroatoms. The summed E-state index contributed by atoms with van der Waals surface area (Å²) in [4.78, 5) is 5.66. The van der Waals surface area contributed by atoms with E-state index >= 15 is 0 Å². The number of hydrogen-bond donors (Lipinski definition) is 2. The summed E-state index contributed by atoms with van der Waals surface area (Å²) in [5.74, 6) is 0.644. The van der Waals surface area contributed by atoms with Crippen LogP contribution in [0.15, 0.2) is 4.99 Å². The molecule has 0 aromatic rings. The highest BCUT2D eigenvalue weighted by Gasteiger charge is 2.58. The Hall–Kier alpha value is -0.290. The molecule has 1 aliphatic heterocycles. The van der Waals surface area contributed by atoms with Crippen molar-refractivity contribution in [1.29, 1.82) is 0 Å². The van der Waals surface area contributed by atoms with E-state index in [-0.39, 0.29) is 47.1 Å². The van der Waals surface area contributed by atoms with Gasteiger partial charge in [0.05, 0.1) is 12.1 Å². The third-order valence-electron chi connectivity index (χ3n) is 5.83. The molecule has 0 radical (unpaired) electrons. The maximum atomic E-state index is 12.5. The van der Waals surface area contributed by atoms with E-state index in [2.05, 4.69) is 36.4 Å². The summed E-state index contributed by atoms with van der Waals surface area (Å²) >= 11 is 0. The molecule has 2 fully saturated rings. The number of hydrogen-bond acceptors (Lipinski definition) is 3. The zero-order chi connectivity index (χ0) is 18.2. The van der Waals surface area contributed by atoms with Crippen molar-refractivity contribution in [2.75, 3.05) is 33.8 Å². The second kappa shape index (κ2) is 8.16. The molecule has 0 amide bonds. The summed E-state index contributed by atoms with van der Waals surface area (Å²) in [7, 11) is 3.40. The number of guanidine groups is 1. The molecule has 2 N–H and O–H groups in total. The van der Waals surface area contributed by atoms with E-state index in [9.17, 15) is 13.2 Å². The van der Waals surface area contributed by atoms with Crippen LogP contribution in [0.3, 0.4) is 0 Å². The van der Waals surface area contributed by atoms with Gasteiger partial charge in [-0.3, -0.25) is 9.89 Å². The van der Waals surface area contributed by atoms with Crippen LogP contribution in [0.2, 0.25) is 0 Å². The lowest BCUT2D eigenvalue weighted by molar-refractivity contribution is -0.176. The number of ether oxygens (including phenoxy) is 1. The van der Waals surface area contributed by atoms with Crippen LogP contribution >= 0.6 is 24.0 Å². The molecular formula is C16H30F3IN4O. The molecular weight excluding hydrogens is 448 g/mol. The minimum atomic E-state index is -4.14. The summed E-state index contributed by atoms with van der Waals surface area (Å²) < 4.78 is 43.0. The predicted octanol–water partition coefficient (Wildman–Crippen LogP) is 2.61. The number of likely N-dealkylation sites (tertiary alicyclic amines) is 1. The molecule has 3 unspecified atom stereocenters. The van der Waals surface area contributed by atoms with Crippen LogP contribution in [0.25, 0.3) is 0 Å². The van der Waals surface area contributed by atoms with Gasteiger partial charge in [0.2, 0.25) is 0 Å². The fourth-order valence-electron chi connectivity index (χ4n) is 3.60. The molecule has 1 aliphatic carbocycles. The van der Waals surface area contributed by atoms with Gasteiger partial charge in [0.15, 0.2) is 5.96 Å². The van der Waals surface area contributed by atoms with Crippen molar-refractivity contribution in [1.82, 2.24) is 15.5 Å². The maximum absolute atomic E-state index is 12.5. The summed E-state index contributed by atoms with van der Waals surface area (Å²) in [5, 5.41) is 6.64. The maximum Gasteiger partial charge on any atom is 0.401 e. The quantitative estimate of drug-likeness (QED) is 0.371. The Kier molecular flexibility index (Phi) is 7.43. The van der Waals surface area contributed by atoms with E-state index < -0.39 is 12.7 Å². The first-order valence-corrected chi connectivity index (χ1v) is 8.35. The molecule has 0 aromatic carbocycles. The van der Waals surface area contributed by atoms with Crippen molar-refractivity contribution in [3.05, 3.63) is 0 Å². The zero-order valence-corrected chi connectivity index (χ0v) is 17.9. The summed E-state index contributed by atoms with van der Waals surface area (Å²) in [6.45, 7) is 6.36. The fourth-order valence-corrected chi connectivity index (χ4v) is 3.60. The average Bonchev–Trinajstić information content (AvgIpc) is 2.90. The van der Waals surface area contributed by atoms with Crippen LogP contribution < -0.4 is 10.6 Å². The van der Waals surface area contributed by atoms with Gasteiger partial charge in [-0.15, -0.1) is 24.0 Å². The molecule has 0 bridgehead atoms. The number of nitrogens with one attached hydrogen (secondary N) is 2. The number of alkyl halides is 3. The Labute approximate surface area is 165 Å². The van der Waals surface area contributed by atoms with E-state index in [1.165, 1.54) is 4.90 Å². The topological polar surface area (TPSA) is 48.9 Å². The highest BCUT2D eigenvalue weighted by atomic mass is 127. The Balaban J connectivity index is 0.00000312. The van der Waals surface area contributed by atoms with Gasteiger partial charge in [-0.05, 0) is 19.8 Å². The van der Waals surface area contributed by atoms with Crippen molar-refractivity contribution in [3.8, 4) is 0 Å². The Morgan fingerprint density at radius 2 is 1.92 bits per heavy atom. The average molecular weight is 478 g/mol. The SMILES string of the molecule is CN=C(NC1CCN(CC(F)(F)F)C1)NC1CC(C)(OC)C1(C)C.I. The van der Waals surface area contributed by atoms with Gasteiger partial charge in [-0.2, -0.15) is 13.2 Å². The van der Waals surface area contributed by atoms with Crippen molar-refractivity contribution >= 4 is 29.9 Å². The highest BCUT2D eigenvalue weighted by molar-refractivity contribution is 14.0. The molecule has 0 spiro atoms. The van der Waals surface area contributed by atoms with Crippen molar-refractivity contribution in [2.24, 2.45) is 10.4 Å². The van der Waals surface area contributed by atoms with Gasteiger partial charge in [-0.1, -0.05) is 13.8 Å². The second-order valence-electron chi connectivity index (χ2n) is 7.61. The fraction of sp³-hybridized carbons (Fsp3) is 0.938. The molecule has 25 heavy (non-hydrogen) atoms. The molecule has 3 atom stereocenters. The predicted molar refractivity (Wildman–Crippen MR) is 104 cm³/mol. The number of methoxy groups -OCH3 is 1. The van der Waals surface area contributed by atoms with E-state index in [0.717, 1.165) is 6.42 Å². The van der Waals surface area contributed by atoms with Crippen LogP contribution in [0, 0.1) is 5.41 Å². The first-order chi connectivity index (χ1) is 11.0. The molecule has 1 saturated carbocycles. The molecule has 1 saturated heterocycles. The number of nitrogens with zero attached hydrogens (tertiary/aromatic N) is 2. The van der Waals surface area contributed by atoms with E-state index in [4.69, 9.17) is 4.74 Å². The van der Waals surface area contributed by atoms with Crippen LogP contribution in [0.5, 0.6) is 0 Å². The highest BCUT2D eigenvalue weighted by Crippen LogP contribution is 2.51. The van der Waals surface area contributed by atoms with Crippen LogP contribution in [-0.2, 0) is 4.74 Å². The van der Waals surface area contributed by atoms with Crippen LogP contribution in [0.1, 0.15) is 33.6 Å². The lowest BCUT2D eigenvalue weighted by Gasteiger charge is -2.59. The van der Waals surface area contributed by atoms with Gasteiger partial charge < -0.3 is 15.4 Å². The van der Waals surface area contributed by atoms with E-state index in [0.29, 0.717) is 25.5 Å². The van der Waals surface area contributed by atoms with Crippen LogP contribution in [-0.4, -0.2) is 68.5 Å². The van der Waals surface area contributed by atoms with Crippen molar-refractivity contribution in [2.45, 2.75) is 57.5 Å². The van der Waals surface area contributed by atoms with Gasteiger partial charge in [0.25, 0.3) is 0 Å². The number of rotatable bonds is 4. The second-order valence-corrected chi connectivity index (χ2v) is 7.61. The largest absolute Gasteiger partial charge is 0.401 e. The molecule has 0 aromatic heterocycles. The van der Waals surface area contributed by atoms with Gasteiger partial charge >= 0.3 is 6.18 Å².